The maximum absolute atomic E-state index is 9.83. The monoisotopic (exact) mass is 174 g/mol. The van der Waals surface area contributed by atoms with Crippen molar-refractivity contribution in [3.8, 4) is 0 Å². The topological polar surface area (TPSA) is 40.5 Å². The minimum atomic E-state index is -0.629. The molecule has 0 spiro atoms. The van der Waals surface area contributed by atoms with Crippen LogP contribution in [0, 0.1) is 5.92 Å². The van der Waals surface area contributed by atoms with Crippen LogP contribution in [0.3, 0.4) is 0 Å². The summed E-state index contributed by atoms with van der Waals surface area (Å²) in [4.78, 5) is 0. The van der Waals surface area contributed by atoms with Crippen molar-refractivity contribution in [2.45, 2.75) is 58.7 Å². The van der Waals surface area contributed by atoms with Crippen molar-refractivity contribution >= 4 is 0 Å². The Bertz CT molecular complexity index is 119. The molecule has 0 saturated carbocycles. The Hall–Kier alpha value is -0.0800. The molecule has 12 heavy (non-hydrogen) atoms. The number of hydrogen-bond acceptors (Lipinski definition) is 2. The van der Waals surface area contributed by atoms with Gasteiger partial charge in [-0.3, -0.25) is 0 Å². The lowest BCUT2D eigenvalue weighted by Gasteiger charge is -2.28. The first-order chi connectivity index (χ1) is 5.40. The van der Waals surface area contributed by atoms with E-state index in [9.17, 15) is 10.2 Å². The van der Waals surface area contributed by atoms with Gasteiger partial charge in [0, 0.05) is 0 Å². The molecule has 0 aliphatic rings. The molecule has 2 nitrogen and oxygen atoms in total. The highest BCUT2D eigenvalue weighted by molar-refractivity contribution is 4.77. The first-order valence-corrected chi connectivity index (χ1v) is 4.80. The average Bonchev–Trinajstić information content (AvgIpc) is 2.00. The zero-order chi connectivity index (χ0) is 9.78. The van der Waals surface area contributed by atoms with Crippen molar-refractivity contribution in [2.24, 2.45) is 5.92 Å². The predicted octanol–water partition coefficient (Wildman–Crippen LogP) is 1.94. The van der Waals surface area contributed by atoms with Crippen LogP contribution >= 0.6 is 0 Å². The summed E-state index contributed by atoms with van der Waals surface area (Å²) >= 11 is 0. The third-order valence-electron chi connectivity index (χ3n) is 2.70. The maximum Gasteiger partial charge on any atom is 0.0643 e. The van der Waals surface area contributed by atoms with Crippen LogP contribution in [0.15, 0.2) is 0 Å². The molecule has 2 N–H and O–H groups in total. The summed E-state index contributed by atoms with van der Waals surface area (Å²) in [5, 5.41) is 19.1. The molecule has 0 aliphatic carbocycles. The van der Waals surface area contributed by atoms with Crippen LogP contribution in [-0.4, -0.2) is 21.9 Å². The summed E-state index contributed by atoms with van der Waals surface area (Å²) in [6, 6.07) is 0. The number of aliphatic hydroxyl groups is 2. The van der Waals surface area contributed by atoms with E-state index in [2.05, 4.69) is 0 Å². The highest BCUT2D eigenvalue weighted by atomic mass is 16.3. The van der Waals surface area contributed by atoms with E-state index in [4.69, 9.17) is 0 Å². The quantitative estimate of drug-likeness (QED) is 0.668. The van der Waals surface area contributed by atoms with Gasteiger partial charge < -0.3 is 10.2 Å². The molecule has 2 heteroatoms. The van der Waals surface area contributed by atoms with Crippen molar-refractivity contribution < 1.29 is 10.2 Å². The largest absolute Gasteiger partial charge is 0.393 e. The van der Waals surface area contributed by atoms with Gasteiger partial charge in [-0.15, -0.1) is 0 Å². The second kappa shape index (κ2) is 4.83. The summed E-state index contributed by atoms with van der Waals surface area (Å²) < 4.78 is 0. The van der Waals surface area contributed by atoms with Gasteiger partial charge in [0.05, 0.1) is 11.7 Å². The summed E-state index contributed by atoms with van der Waals surface area (Å²) in [5.41, 5.74) is -0.629. The second-order valence-electron chi connectivity index (χ2n) is 4.11. The van der Waals surface area contributed by atoms with E-state index in [1.165, 1.54) is 0 Å². The van der Waals surface area contributed by atoms with Crippen molar-refractivity contribution in [3.05, 3.63) is 0 Å². The lowest BCUT2D eigenvalue weighted by Crippen LogP contribution is -2.32. The van der Waals surface area contributed by atoms with Gasteiger partial charge in [-0.1, -0.05) is 20.8 Å². The number of aliphatic hydroxyl groups excluding tert-OH is 1. The van der Waals surface area contributed by atoms with Crippen LogP contribution in [0.1, 0.15) is 47.0 Å². The molecule has 0 rings (SSSR count). The van der Waals surface area contributed by atoms with Gasteiger partial charge in [0.15, 0.2) is 0 Å². The molecule has 0 aliphatic heterocycles. The summed E-state index contributed by atoms with van der Waals surface area (Å²) in [6.45, 7) is 7.78. The lowest BCUT2D eigenvalue weighted by molar-refractivity contribution is -0.00780. The molecule has 0 aromatic rings. The van der Waals surface area contributed by atoms with Gasteiger partial charge in [0.2, 0.25) is 0 Å². The van der Waals surface area contributed by atoms with Gasteiger partial charge in [0.25, 0.3) is 0 Å². The standard InChI is InChI=1S/C10H22O2/c1-5-9(11)6-7-10(4,12)8(2)3/h8-9,11-12H,5-7H2,1-4H3. The smallest absolute Gasteiger partial charge is 0.0643 e. The van der Waals surface area contributed by atoms with Crippen molar-refractivity contribution in [3.63, 3.8) is 0 Å². The van der Waals surface area contributed by atoms with Crippen LogP contribution in [0.4, 0.5) is 0 Å². The Kier molecular flexibility index (Phi) is 4.80. The van der Waals surface area contributed by atoms with Crippen LogP contribution in [0.2, 0.25) is 0 Å². The fourth-order valence-electron chi connectivity index (χ4n) is 0.952. The molecule has 2 unspecified atom stereocenters. The van der Waals surface area contributed by atoms with E-state index in [-0.39, 0.29) is 12.0 Å². The van der Waals surface area contributed by atoms with Crippen molar-refractivity contribution in [1.29, 1.82) is 0 Å². The first-order valence-electron chi connectivity index (χ1n) is 4.80. The van der Waals surface area contributed by atoms with Gasteiger partial charge >= 0.3 is 0 Å². The highest BCUT2D eigenvalue weighted by Crippen LogP contribution is 2.23. The summed E-state index contributed by atoms with van der Waals surface area (Å²) in [5.74, 6) is 0.251. The molecule has 0 amide bonds. The number of hydrogen-bond donors (Lipinski definition) is 2. The Morgan fingerprint density at radius 3 is 2.17 bits per heavy atom. The highest BCUT2D eigenvalue weighted by Gasteiger charge is 2.24. The molecule has 0 bridgehead atoms. The molecule has 0 aromatic carbocycles. The fraction of sp³-hybridized carbons (Fsp3) is 1.00. The molecule has 0 radical (unpaired) electrons. The Labute approximate surface area is 75.6 Å². The third-order valence-corrected chi connectivity index (χ3v) is 2.70. The zero-order valence-electron chi connectivity index (χ0n) is 8.67. The van der Waals surface area contributed by atoms with E-state index in [1.54, 1.807) is 0 Å². The van der Waals surface area contributed by atoms with Crippen LogP contribution in [0.25, 0.3) is 0 Å². The van der Waals surface area contributed by atoms with Crippen LogP contribution in [-0.2, 0) is 0 Å². The van der Waals surface area contributed by atoms with Gasteiger partial charge in [-0.2, -0.15) is 0 Å². The predicted molar refractivity (Wildman–Crippen MR) is 51.0 cm³/mol. The molecule has 0 fully saturated rings. The maximum atomic E-state index is 9.83. The molecule has 0 saturated heterocycles. The van der Waals surface area contributed by atoms with Crippen molar-refractivity contribution in [1.82, 2.24) is 0 Å². The first kappa shape index (κ1) is 11.9. The van der Waals surface area contributed by atoms with E-state index in [0.29, 0.717) is 12.8 Å². The van der Waals surface area contributed by atoms with E-state index in [0.717, 1.165) is 6.42 Å². The van der Waals surface area contributed by atoms with Gasteiger partial charge in [0.1, 0.15) is 0 Å². The van der Waals surface area contributed by atoms with Gasteiger partial charge in [-0.25, -0.2) is 0 Å². The van der Waals surface area contributed by atoms with E-state index < -0.39 is 5.60 Å². The average molecular weight is 174 g/mol. The number of rotatable bonds is 5. The van der Waals surface area contributed by atoms with Gasteiger partial charge in [-0.05, 0) is 32.1 Å². The molecule has 74 valence electrons. The lowest BCUT2D eigenvalue weighted by atomic mass is 9.87. The normalized spacial score (nSPS) is 19.2. The SMILES string of the molecule is CCC(O)CCC(C)(O)C(C)C. The Morgan fingerprint density at radius 1 is 1.33 bits per heavy atom. The second-order valence-corrected chi connectivity index (χ2v) is 4.11. The van der Waals surface area contributed by atoms with Crippen LogP contribution in [0.5, 0.6) is 0 Å². The van der Waals surface area contributed by atoms with Crippen molar-refractivity contribution in [2.75, 3.05) is 0 Å². The van der Waals surface area contributed by atoms with E-state index >= 15 is 0 Å². The minimum absolute atomic E-state index is 0.251. The van der Waals surface area contributed by atoms with Crippen LogP contribution < -0.4 is 0 Å². The zero-order valence-corrected chi connectivity index (χ0v) is 8.67. The molecule has 0 aromatic heterocycles. The summed E-state index contributed by atoms with van der Waals surface area (Å²) in [7, 11) is 0. The Morgan fingerprint density at radius 2 is 1.83 bits per heavy atom. The molecule has 0 heterocycles. The molecule has 2 atom stereocenters. The molecular weight excluding hydrogens is 152 g/mol. The third kappa shape index (κ3) is 4.07. The van der Waals surface area contributed by atoms with E-state index in [1.807, 2.05) is 27.7 Å². The minimum Gasteiger partial charge on any atom is -0.393 e. The Balaban J connectivity index is 3.75. The fourth-order valence-corrected chi connectivity index (χ4v) is 0.952. The molecular formula is C10H22O2. The summed E-state index contributed by atoms with van der Waals surface area (Å²) in [6.07, 6.45) is 1.89.